The van der Waals surface area contributed by atoms with Crippen molar-refractivity contribution in [3.63, 3.8) is 0 Å². The van der Waals surface area contributed by atoms with Crippen molar-refractivity contribution >= 4 is 11.9 Å². The molecule has 0 unspecified atom stereocenters. The molecule has 0 aliphatic heterocycles. The second-order valence-electron chi connectivity index (χ2n) is 4.52. The van der Waals surface area contributed by atoms with Crippen LogP contribution >= 0.6 is 0 Å². The third-order valence-corrected chi connectivity index (χ3v) is 1.74. The van der Waals surface area contributed by atoms with Crippen molar-refractivity contribution in [2.24, 2.45) is 0 Å². The van der Waals surface area contributed by atoms with E-state index in [1.807, 2.05) is 0 Å². The number of carbonyl (C=O) groups is 1. The molecule has 0 bridgehead atoms. The topological polar surface area (TPSA) is 77.2 Å². The fourth-order valence-electron chi connectivity index (χ4n) is 1.10. The summed E-state index contributed by atoms with van der Waals surface area (Å²) in [6.07, 6.45) is -0.624. The number of nitrogens with zero attached hydrogens (tertiary/aromatic N) is 1. The van der Waals surface area contributed by atoms with Crippen LogP contribution < -0.4 is 11.1 Å². The zero-order valence-electron chi connectivity index (χ0n) is 10.1. The number of alkyl carbamates (subject to hydrolysis) is 1. The Morgan fingerprint density at radius 3 is 2.76 bits per heavy atom. The van der Waals surface area contributed by atoms with Gasteiger partial charge in [-0.05, 0) is 32.9 Å². The quantitative estimate of drug-likeness (QED) is 0.828. The largest absolute Gasteiger partial charge is 0.444 e. The van der Waals surface area contributed by atoms with Gasteiger partial charge in [0.2, 0.25) is 0 Å². The monoisotopic (exact) mass is 241 g/mol. The van der Waals surface area contributed by atoms with Gasteiger partial charge in [0.15, 0.2) is 0 Å². The van der Waals surface area contributed by atoms with Crippen LogP contribution in [0.15, 0.2) is 12.1 Å². The van der Waals surface area contributed by atoms with Crippen molar-refractivity contribution in [2.45, 2.75) is 32.9 Å². The van der Waals surface area contributed by atoms with E-state index in [2.05, 4.69) is 10.3 Å². The van der Waals surface area contributed by atoms with Gasteiger partial charge in [-0.3, -0.25) is 0 Å². The molecule has 0 radical (unpaired) electrons. The summed E-state index contributed by atoms with van der Waals surface area (Å²) < 4.78 is 18.2. The van der Waals surface area contributed by atoms with Crippen molar-refractivity contribution in [2.75, 3.05) is 5.73 Å². The number of anilines is 1. The number of ether oxygens (including phenoxy) is 1. The van der Waals surface area contributed by atoms with Crippen LogP contribution in [0.2, 0.25) is 0 Å². The molecule has 1 amide bonds. The van der Waals surface area contributed by atoms with Crippen LogP contribution in [-0.4, -0.2) is 16.7 Å². The molecule has 0 atom stereocenters. The van der Waals surface area contributed by atoms with Crippen molar-refractivity contribution in [3.8, 4) is 0 Å². The van der Waals surface area contributed by atoms with Crippen molar-refractivity contribution in [1.82, 2.24) is 10.3 Å². The summed E-state index contributed by atoms with van der Waals surface area (Å²) in [4.78, 5) is 15.1. The number of nitrogen functional groups attached to an aromatic ring is 1. The predicted octanol–water partition coefficient (Wildman–Crippen LogP) is 1.83. The zero-order chi connectivity index (χ0) is 13.1. The van der Waals surface area contributed by atoms with Crippen molar-refractivity contribution in [1.29, 1.82) is 0 Å². The predicted molar refractivity (Wildman–Crippen MR) is 61.7 cm³/mol. The van der Waals surface area contributed by atoms with Crippen LogP contribution in [0.4, 0.5) is 15.0 Å². The summed E-state index contributed by atoms with van der Waals surface area (Å²) in [6, 6.07) is 2.56. The molecule has 1 rings (SSSR count). The maximum atomic E-state index is 13.2. The summed E-state index contributed by atoms with van der Waals surface area (Å²) in [5.41, 5.74) is 4.90. The van der Waals surface area contributed by atoms with Crippen LogP contribution in [0.25, 0.3) is 0 Å². The lowest BCUT2D eigenvalue weighted by atomic mass is 10.2. The molecular formula is C11H16FN3O2. The fraction of sp³-hybridized carbons (Fsp3) is 0.455. The van der Waals surface area contributed by atoms with Gasteiger partial charge in [-0.2, -0.15) is 0 Å². The van der Waals surface area contributed by atoms with Crippen LogP contribution in [0.3, 0.4) is 0 Å². The van der Waals surface area contributed by atoms with Crippen LogP contribution in [0.1, 0.15) is 26.5 Å². The van der Waals surface area contributed by atoms with E-state index in [1.165, 1.54) is 12.1 Å². The van der Waals surface area contributed by atoms with Gasteiger partial charge in [0.05, 0.1) is 12.2 Å². The summed E-state index contributed by atoms with van der Waals surface area (Å²) in [6.45, 7) is 5.16. The van der Waals surface area contributed by atoms with Gasteiger partial charge in [-0.15, -0.1) is 0 Å². The highest BCUT2D eigenvalue weighted by atomic mass is 19.1. The number of carbonyl (C=O) groups excluding carboxylic acids is 1. The molecule has 1 aromatic heterocycles. The first-order valence-corrected chi connectivity index (χ1v) is 5.16. The summed E-state index contributed by atoms with van der Waals surface area (Å²) >= 11 is 0. The van der Waals surface area contributed by atoms with Crippen molar-refractivity contribution in [3.05, 3.63) is 23.6 Å². The number of halogens is 1. The third kappa shape index (κ3) is 4.67. The SMILES string of the molecule is CC(C)(C)OC(=O)NCc1nc(N)ccc1F. The minimum absolute atomic E-state index is 0.0637. The van der Waals surface area contributed by atoms with Gasteiger partial charge in [0.25, 0.3) is 0 Å². The molecule has 3 N–H and O–H groups in total. The highest BCUT2D eigenvalue weighted by Gasteiger charge is 2.16. The first kappa shape index (κ1) is 13.2. The van der Waals surface area contributed by atoms with E-state index in [-0.39, 0.29) is 18.1 Å². The van der Waals surface area contributed by atoms with Crippen molar-refractivity contribution < 1.29 is 13.9 Å². The number of nitrogens with one attached hydrogen (secondary N) is 1. The third-order valence-electron chi connectivity index (χ3n) is 1.74. The Balaban J connectivity index is 2.56. The molecule has 94 valence electrons. The molecule has 0 saturated heterocycles. The molecule has 1 heterocycles. The Hall–Kier alpha value is -1.85. The van der Waals surface area contributed by atoms with E-state index in [0.29, 0.717) is 0 Å². The average Bonchev–Trinajstić information content (AvgIpc) is 2.17. The Labute approximate surface area is 99.2 Å². The summed E-state index contributed by atoms with van der Waals surface area (Å²) in [5.74, 6) is -0.317. The number of hydrogen-bond acceptors (Lipinski definition) is 4. The van der Waals surface area contributed by atoms with E-state index < -0.39 is 17.5 Å². The first-order chi connectivity index (χ1) is 7.78. The van der Waals surface area contributed by atoms with E-state index in [9.17, 15) is 9.18 Å². The maximum Gasteiger partial charge on any atom is 0.407 e. The molecule has 0 saturated carbocycles. The minimum atomic E-state index is -0.624. The Kier molecular flexibility index (Phi) is 3.88. The van der Waals surface area contributed by atoms with E-state index in [4.69, 9.17) is 10.5 Å². The number of nitrogens with two attached hydrogens (primary N) is 1. The lowest BCUT2D eigenvalue weighted by Crippen LogP contribution is -2.32. The van der Waals surface area contributed by atoms with E-state index in [1.54, 1.807) is 20.8 Å². The molecule has 0 aromatic carbocycles. The van der Waals surface area contributed by atoms with Gasteiger partial charge in [-0.25, -0.2) is 14.2 Å². The number of pyridine rings is 1. The molecule has 0 aliphatic rings. The zero-order valence-corrected chi connectivity index (χ0v) is 10.1. The summed E-state index contributed by atoms with van der Waals surface area (Å²) in [7, 11) is 0. The maximum absolute atomic E-state index is 13.2. The Bertz CT molecular complexity index is 416. The van der Waals surface area contributed by atoms with Gasteiger partial charge in [-0.1, -0.05) is 0 Å². The normalized spacial score (nSPS) is 11.1. The Morgan fingerprint density at radius 2 is 2.18 bits per heavy atom. The first-order valence-electron chi connectivity index (χ1n) is 5.16. The van der Waals surface area contributed by atoms with Gasteiger partial charge >= 0.3 is 6.09 Å². The highest BCUT2D eigenvalue weighted by Crippen LogP contribution is 2.09. The fourth-order valence-corrected chi connectivity index (χ4v) is 1.10. The van der Waals surface area contributed by atoms with E-state index in [0.717, 1.165) is 0 Å². The molecule has 5 nitrogen and oxygen atoms in total. The van der Waals surface area contributed by atoms with Gasteiger partial charge in [0.1, 0.15) is 17.2 Å². The number of aromatic nitrogens is 1. The van der Waals surface area contributed by atoms with Crippen LogP contribution in [0, 0.1) is 5.82 Å². The average molecular weight is 241 g/mol. The lowest BCUT2D eigenvalue weighted by molar-refractivity contribution is 0.0522. The van der Waals surface area contributed by atoms with Crippen LogP contribution in [-0.2, 0) is 11.3 Å². The lowest BCUT2D eigenvalue weighted by Gasteiger charge is -2.19. The highest BCUT2D eigenvalue weighted by molar-refractivity contribution is 5.67. The number of rotatable bonds is 2. The summed E-state index contributed by atoms with van der Waals surface area (Å²) in [5, 5.41) is 2.40. The van der Waals surface area contributed by atoms with E-state index >= 15 is 0 Å². The van der Waals surface area contributed by atoms with Gasteiger partial charge < -0.3 is 15.8 Å². The second-order valence-corrected chi connectivity index (χ2v) is 4.52. The molecule has 0 aliphatic carbocycles. The molecular weight excluding hydrogens is 225 g/mol. The molecule has 1 aromatic rings. The second kappa shape index (κ2) is 4.99. The van der Waals surface area contributed by atoms with Gasteiger partial charge in [0, 0.05) is 0 Å². The standard InChI is InChI=1S/C11H16FN3O2/c1-11(2,3)17-10(16)14-6-8-7(12)4-5-9(13)15-8/h4-5H,6H2,1-3H3,(H2,13,15)(H,14,16). The smallest absolute Gasteiger partial charge is 0.407 e. The molecule has 0 spiro atoms. The molecule has 6 heteroatoms. The Morgan fingerprint density at radius 1 is 1.53 bits per heavy atom. The molecule has 0 fully saturated rings. The van der Waals surface area contributed by atoms with Crippen LogP contribution in [0.5, 0.6) is 0 Å². The molecule has 17 heavy (non-hydrogen) atoms. The number of hydrogen-bond donors (Lipinski definition) is 2. The number of amides is 1. The minimum Gasteiger partial charge on any atom is -0.444 e.